The van der Waals surface area contributed by atoms with E-state index in [0.717, 1.165) is 0 Å². The first-order valence-corrected chi connectivity index (χ1v) is 7.61. The summed E-state index contributed by atoms with van der Waals surface area (Å²) in [6.45, 7) is 6.89. The summed E-state index contributed by atoms with van der Waals surface area (Å²) in [5.41, 5.74) is -0.154. The minimum absolute atomic E-state index is 0.000639. The predicted octanol–water partition coefficient (Wildman–Crippen LogP) is 1.62. The summed E-state index contributed by atoms with van der Waals surface area (Å²) in [4.78, 5) is 28.9. The molecule has 1 N–H and O–H groups in total. The molecule has 1 aliphatic heterocycles. The Kier molecular flexibility index (Phi) is 4.83. The molecule has 1 aromatic heterocycles. The number of amides is 1. The number of hydrogen-bond donors (Lipinski definition) is 1. The van der Waals surface area contributed by atoms with Crippen molar-refractivity contribution in [2.45, 2.75) is 51.9 Å². The Morgan fingerprint density at radius 3 is 2.68 bits per heavy atom. The minimum atomic E-state index is -0.823. The third kappa shape index (κ3) is 4.05. The number of likely N-dealkylation sites (tertiary alicyclic amines) is 1. The molecule has 0 spiro atoms. The lowest BCUT2D eigenvalue weighted by molar-refractivity contribution is -0.141. The zero-order valence-corrected chi connectivity index (χ0v) is 13.3. The Labute approximate surface area is 129 Å². The number of hydrogen-bond acceptors (Lipinski definition) is 5. The average molecular weight is 309 g/mol. The summed E-state index contributed by atoms with van der Waals surface area (Å²) >= 11 is 0. The monoisotopic (exact) mass is 309 g/mol. The fourth-order valence-corrected chi connectivity index (χ4v) is 2.40. The zero-order valence-electron chi connectivity index (χ0n) is 13.3. The third-order valence-electron chi connectivity index (χ3n) is 3.81. The van der Waals surface area contributed by atoms with Crippen LogP contribution in [0.3, 0.4) is 0 Å². The molecule has 0 aliphatic carbocycles. The van der Waals surface area contributed by atoms with Gasteiger partial charge in [-0.1, -0.05) is 25.9 Å². The van der Waals surface area contributed by atoms with Crippen molar-refractivity contribution >= 4 is 11.9 Å². The van der Waals surface area contributed by atoms with E-state index in [4.69, 9.17) is 9.63 Å². The molecule has 1 aliphatic rings. The molecule has 22 heavy (non-hydrogen) atoms. The summed E-state index contributed by atoms with van der Waals surface area (Å²) < 4.78 is 5.18. The van der Waals surface area contributed by atoms with Gasteiger partial charge >= 0.3 is 5.97 Å². The summed E-state index contributed by atoms with van der Waals surface area (Å²) in [6.07, 6.45) is 2.10. The molecule has 1 atom stereocenters. The van der Waals surface area contributed by atoms with E-state index in [-0.39, 0.29) is 11.3 Å². The fraction of sp³-hybridized carbons (Fsp3) is 0.733. The molecule has 7 nitrogen and oxygen atoms in total. The second-order valence-electron chi connectivity index (χ2n) is 6.78. The average Bonchev–Trinajstić information content (AvgIpc) is 3.07. The van der Waals surface area contributed by atoms with E-state index in [1.165, 1.54) is 0 Å². The zero-order chi connectivity index (χ0) is 16.3. The fourth-order valence-electron chi connectivity index (χ4n) is 2.40. The van der Waals surface area contributed by atoms with Crippen molar-refractivity contribution < 1.29 is 19.2 Å². The van der Waals surface area contributed by atoms with E-state index in [1.54, 1.807) is 4.90 Å². The Bertz CT molecular complexity index is 547. The highest BCUT2D eigenvalue weighted by Gasteiger charge is 2.30. The number of aliphatic carboxylic acids is 1. The van der Waals surface area contributed by atoms with Gasteiger partial charge in [-0.3, -0.25) is 9.59 Å². The minimum Gasteiger partial charge on any atom is -0.481 e. The number of aromatic nitrogens is 2. The van der Waals surface area contributed by atoms with Crippen molar-refractivity contribution in [2.75, 3.05) is 13.1 Å². The first-order chi connectivity index (χ1) is 10.3. The highest BCUT2D eigenvalue weighted by molar-refractivity contribution is 5.78. The number of aryl methyl sites for hydroxylation is 1. The smallest absolute Gasteiger partial charge is 0.308 e. The number of carboxylic acids is 1. The molecular formula is C15H23N3O4. The molecule has 0 saturated carbocycles. The summed E-state index contributed by atoms with van der Waals surface area (Å²) in [7, 11) is 0. The van der Waals surface area contributed by atoms with Gasteiger partial charge in [-0.05, 0) is 12.8 Å². The van der Waals surface area contributed by atoms with Gasteiger partial charge < -0.3 is 14.5 Å². The maximum absolute atomic E-state index is 12.0. The lowest BCUT2D eigenvalue weighted by Gasteiger charge is -2.15. The van der Waals surface area contributed by atoms with Crippen LogP contribution >= 0.6 is 0 Å². The van der Waals surface area contributed by atoms with Gasteiger partial charge in [0, 0.05) is 31.3 Å². The molecule has 0 bridgehead atoms. The number of rotatable bonds is 5. The Balaban J connectivity index is 1.76. The number of nitrogens with zero attached hydrogens (tertiary/aromatic N) is 3. The Hall–Kier alpha value is -1.92. The van der Waals surface area contributed by atoms with Gasteiger partial charge in [0.05, 0.1) is 5.92 Å². The largest absolute Gasteiger partial charge is 0.481 e. The van der Waals surface area contributed by atoms with Gasteiger partial charge in [-0.2, -0.15) is 4.98 Å². The molecule has 2 rings (SSSR count). The Morgan fingerprint density at radius 1 is 1.41 bits per heavy atom. The Morgan fingerprint density at radius 2 is 2.14 bits per heavy atom. The van der Waals surface area contributed by atoms with Crippen LogP contribution in [0.25, 0.3) is 0 Å². The third-order valence-corrected chi connectivity index (χ3v) is 3.81. The van der Waals surface area contributed by atoms with Crippen LogP contribution in [0, 0.1) is 5.92 Å². The highest BCUT2D eigenvalue weighted by atomic mass is 16.5. The molecule has 1 saturated heterocycles. The highest BCUT2D eigenvalue weighted by Crippen LogP contribution is 2.20. The molecular weight excluding hydrogens is 286 g/mol. The van der Waals surface area contributed by atoms with Crippen LogP contribution in [0.2, 0.25) is 0 Å². The van der Waals surface area contributed by atoms with E-state index < -0.39 is 11.9 Å². The van der Waals surface area contributed by atoms with Crippen LogP contribution in [0.5, 0.6) is 0 Å². The van der Waals surface area contributed by atoms with Crippen LogP contribution in [-0.4, -0.2) is 45.1 Å². The van der Waals surface area contributed by atoms with Gasteiger partial charge in [-0.25, -0.2) is 0 Å². The van der Waals surface area contributed by atoms with Crippen molar-refractivity contribution in [1.29, 1.82) is 0 Å². The van der Waals surface area contributed by atoms with Crippen molar-refractivity contribution in [2.24, 2.45) is 5.92 Å². The van der Waals surface area contributed by atoms with E-state index in [1.807, 2.05) is 20.8 Å². The van der Waals surface area contributed by atoms with Crippen LogP contribution in [0.15, 0.2) is 4.52 Å². The predicted molar refractivity (Wildman–Crippen MR) is 78.3 cm³/mol. The molecule has 1 fully saturated rings. The first-order valence-electron chi connectivity index (χ1n) is 7.61. The van der Waals surface area contributed by atoms with Crippen LogP contribution in [-0.2, 0) is 21.4 Å². The van der Waals surface area contributed by atoms with E-state index in [2.05, 4.69) is 10.1 Å². The molecule has 1 aromatic rings. The number of carboxylic acid groups (broad SMARTS) is 1. The SMILES string of the molecule is CC(C)(C)c1noc(CCCC(=O)N2CCC(C(=O)O)C2)n1. The number of carbonyl (C=O) groups excluding carboxylic acids is 1. The lowest BCUT2D eigenvalue weighted by atomic mass is 9.96. The standard InChI is InChI=1S/C15H23N3O4/c1-15(2,3)14-16-11(22-17-14)5-4-6-12(19)18-8-7-10(9-18)13(20)21/h10H,4-9H2,1-3H3,(H,20,21). The molecule has 0 radical (unpaired) electrons. The van der Waals surface area contributed by atoms with Gasteiger partial charge in [0.2, 0.25) is 11.8 Å². The van der Waals surface area contributed by atoms with E-state index in [9.17, 15) is 9.59 Å². The van der Waals surface area contributed by atoms with Crippen LogP contribution < -0.4 is 0 Å². The second kappa shape index (κ2) is 6.46. The molecule has 7 heteroatoms. The molecule has 122 valence electrons. The summed E-state index contributed by atoms with van der Waals surface area (Å²) in [5, 5.41) is 12.9. The maximum atomic E-state index is 12.0. The van der Waals surface area contributed by atoms with E-state index in [0.29, 0.717) is 50.5 Å². The first kappa shape index (κ1) is 16.5. The van der Waals surface area contributed by atoms with Crippen LogP contribution in [0.1, 0.15) is 51.7 Å². The molecule has 0 aromatic carbocycles. The van der Waals surface area contributed by atoms with Gasteiger partial charge in [0.15, 0.2) is 5.82 Å². The van der Waals surface area contributed by atoms with Gasteiger partial charge in [0.25, 0.3) is 0 Å². The quantitative estimate of drug-likeness (QED) is 0.888. The summed E-state index contributed by atoms with van der Waals surface area (Å²) in [5.74, 6) is -0.0374. The van der Waals surface area contributed by atoms with Crippen molar-refractivity contribution in [1.82, 2.24) is 15.0 Å². The van der Waals surface area contributed by atoms with Gasteiger partial charge in [-0.15, -0.1) is 0 Å². The topological polar surface area (TPSA) is 96.5 Å². The van der Waals surface area contributed by atoms with Crippen LogP contribution in [0.4, 0.5) is 0 Å². The molecule has 1 amide bonds. The molecule has 1 unspecified atom stereocenters. The maximum Gasteiger partial charge on any atom is 0.308 e. The summed E-state index contributed by atoms with van der Waals surface area (Å²) in [6, 6.07) is 0. The second-order valence-corrected chi connectivity index (χ2v) is 6.78. The normalized spacial score (nSPS) is 18.7. The van der Waals surface area contributed by atoms with Crippen molar-refractivity contribution in [3.05, 3.63) is 11.7 Å². The molecule has 2 heterocycles. The number of carbonyl (C=O) groups is 2. The van der Waals surface area contributed by atoms with E-state index >= 15 is 0 Å². The van der Waals surface area contributed by atoms with Crippen molar-refractivity contribution in [3.63, 3.8) is 0 Å². The van der Waals surface area contributed by atoms with Gasteiger partial charge in [0.1, 0.15) is 0 Å². The lowest BCUT2D eigenvalue weighted by Crippen LogP contribution is -2.29. The van der Waals surface area contributed by atoms with Crippen molar-refractivity contribution in [3.8, 4) is 0 Å².